The molecule has 0 radical (unpaired) electrons. The van der Waals surface area contributed by atoms with Gasteiger partial charge >= 0.3 is 0 Å². The minimum atomic E-state index is -2.91. The third-order valence-corrected chi connectivity index (χ3v) is 15.6. The number of halogens is 1. The van der Waals surface area contributed by atoms with E-state index in [0.29, 0.717) is 6.61 Å². The highest BCUT2D eigenvalue weighted by atomic mass is 28.4. The lowest BCUT2D eigenvalue weighted by atomic mass is 10.1. The molecule has 0 fully saturated rings. The second-order valence-corrected chi connectivity index (χ2v) is 20.0. The Hall–Kier alpha value is -1.28. The Balaban J connectivity index is 0.000000351. The molecule has 0 aliphatic carbocycles. The lowest BCUT2D eigenvalue weighted by Crippen LogP contribution is -2.49. The van der Waals surface area contributed by atoms with E-state index in [1.165, 1.54) is 5.56 Å². The quantitative estimate of drug-likeness (QED) is 0.251. The maximum absolute atomic E-state index is 15.4. The molecule has 0 saturated carbocycles. The summed E-state index contributed by atoms with van der Waals surface area (Å²) in [5.41, 5.74) is 4.31. The smallest absolute Gasteiger partial charge is 0.282 e. The van der Waals surface area contributed by atoms with Crippen LogP contribution in [-0.4, -0.2) is 40.6 Å². The minimum Gasteiger partial charge on any atom is -0.396 e. The summed E-state index contributed by atoms with van der Waals surface area (Å²) in [6.07, 6.45) is 3.44. The van der Waals surface area contributed by atoms with Crippen LogP contribution in [0.1, 0.15) is 79.4 Å². The SMILES string of the molecule is CC(C)[SiH](c1cccc(CCCO)c1)C(C)C.CC(C)[Si](F)(c1cccc(CCCO)c1)C(C)C. The predicted octanol–water partition coefficient (Wildman–Crippen LogP) is 6.42. The summed E-state index contributed by atoms with van der Waals surface area (Å²) < 4.78 is 15.4. The molecule has 0 bridgehead atoms. The summed E-state index contributed by atoms with van der Waals surface area (Å²) in [4.78, 5) is 0. The van der Waals surface area contributed by atoms with Gasteiger partial charge in [-0.05, 0) is 64.2 Å². The molecule has 2 nitrogen and oxygen atoms in total. The van der Waals surface area contributed by atoms with E-state index in [2.05, 4.69) is 52.0 Å². The van der Waals surface area contributed by atoms with E-state index in [9.17, 15) is 0 Å². The monoisotopic (exact) mass is 518 g/mol. The lowest BCUT2D eigenvalue weighted by Gasteiger charge is -2.31. The molecule has 0 aliphatic rings. The van der Waals surface area contributed by atoms with Gasteiger partial charge in [-0.2, -0.15) is 0 Å². The molecule has 0 atom stereocenters. The Morgan fingerprint density at radius 2 is 1.17 bits per heavy atom. The van der Waals surface area contributed by atoms with Gasteiger partial charge in [0.1, 0.15) is 0 Å². The van der Waals surface area contributed by atoms with Gasteiger partial charge in [0.25, 0.3) is 8.41 Å². The molecular weight excluding hydrogens is 467 g/mol. The van der Waals surface area contributed by atoms with Gasteiger partial charge in [0.2, 0.25) is 0 Å². The van der Waals surface area contributed by atoms with Crippen LogP contribution in [0.3, 0.4) is 0 Å². The first-order valence-corrected chi connectivity index (χ1v) is 17.5. The van der Waals surface area contributed by atoms with Gasteiger partial charge in [0.05, 0.1) is 8.80 Å². The van der Waals surface area contributed by atoms with Gasteiger partial charge in [0, 0.05) is 13.2 Å². The Morgan fingerprint density at radius 3 is 1.60 bits per heavy atom. The van der Waals surface area contributed by atoms with E-state index >= 15 is 4.11 Å². The third-order valence-electron chi connectivity index (χ3n) is 7.07. The highest BCUT2D eigenvalue weighted by molar-refractivity contribution is 6.88. The highest BCUT2D eigenvalue weighted by Crippen LogP contribution is 2.33. The van der Waals surface area contributed by atoms with E-state index in [1.807, 2.05) is 52.0 Å². The van der Waals surface area contributed by atoms with Crippen LogP contribution in [-0.2, 0) is 12.8 Å². The molecule has 2 N–H and O–H groups in total. The first kappa shape index (κ1) is 31.8. The van der Waals surface area contributed by atoms with Crippen LogP contribution in [0.25, 0.3) is 0 Å². The van der Waals surface area contributed by atoms with Crippen molar-refractivity contribution >= 4 is 27.6 Å². The molecule has 5 heteroatoms. The first-order valence-electron chi connectivity index (χ1n) is 13.6. The molecular formula is C30H51FO2Si2. The number of rotatable bonds is 12. The van der Waals surface area contributed by atoms with Crippen molar-refractivity contribution in [2.45, 2.75) is 103 Å². The third kappa shape index (κ3) is 9.60. The standard InChI is InChI=1S/C15H25FOSi.C15H26OSi/c1-12(2)18(16,13(3)4)15-9-5-7-14(11-15)8-6-10-17;1-12(2)17(13(3)4)15-9-5-7-14(11-15)8-6-10-16/h5,7,9,11-13,17H,6,8,10H2,1-4H3;5,7,9,11-13,16-17H,6,8,10H2,1-4H3. The second-order valence-electron chi connectivity index (χ2n) is 11.2. The fourth-order valence-corrected chi connectivity index (χ4v) is 12.6. The molecule has 0 heterocycles. The van der Waals surface area contributed by atoms with Gasteiger partial charge in [0.15, 0.2) is 0 Å². The zero-order valence-electron chi connectivity index (χ0n) is 23.5. The fourth-order valence-electron chi connectivity index (χ4n) is 5.36. The average molecular weight is 519 g/mol. The summed E-state index contributed by atoms with van der Waals surface area (Å²) >= 11 is 0. The Bertz CT molecular complexity index is 836. The number of hydrogen-bond acceptors (Lipinski definition) is 2. The van der Waals surface area contributed by atoms with Crippen LogP contribution in [0.15, 0.2) is 48.5 Å². The van der Waals surface area contributed by atoms with Crippen LogP contribution >= 0.6 is 0 Å². The molecule has 0 spiro atoms. The van der Waals surface area contributed by atoms with E-state index in [4.69, 9.17) is 10.2 Å². The largest absolute Gasteiger partial charge is 0.396 e. The van der Waals surface area contributed by atoms with Gasteiger partial charge in [-0.3, -0.25) is 0 Å². The Labute approximate surface area is 217 Å². The summed E-state index contributed by atoms with van der Waals surface area (Å²) in [6.45, 7) is 17.9. The maximum Gasteiger partial charge on any atom is 0.282 e. The lowest BCUT2D eigenvalue weighted by molar-refractivity contribution is 0.288. The summed E-state index contributed by atoms with van der Waals surface area (Å²) in [7, 11) is -3.78. The van der Waals surface area contributed by atoms with Crippen LogP contribution in [0.4, 0.5) is 4.11 Å². The molecule has 2 rings (SSSR count). The van der Waals surface area contributed by atoms with Crippen molar-refractivity contribution < 1.29 is 14.3 Å². The Morgan fingerprint density at radius 1 is 0.714 bits per heavy atom. The second kappa shape index (κ2) is 15.8. The predicted molar refractivity (Wildman–Crippen MR) is 157 cm³/mol. The molecule has 0 unspecified atom stereocenters. The van der Waals surface area contributed by atoms with Gasteiger partial charge < -0.3 is 14.3 Å². The normalized spacial score (nSPS) is 12.1. The van der Waals surface area contributed by atoms with Crippen molar-refractivity contribution in [3.05, 3.63) is 59.7 Å². The van der Waals surface area contributed by atoms with Crippen LogP contribution in [0, 0.1) is 0 Å². The minimum absolute atomic E-state index is 0.0885. The van der Waals surface area contributed by atoms with E-state index < -0.39 is 17.2 Å². The molecule has 0 saturated heterocycles. The topological polar surface area (TPSA) is 40.5 Å². The maximum atomic E-state index is 15.4. The number of hydrogen-bond donors (Lipinski definition) is 2. The number of aliphatic hydroxyl groups excluding tert-OH is 2. The van der Waals surface area contributed by atoms with Crippen molar-refractivity contribution in [2.75, 3.05) is 13.2 Å². The Kier molecular flexibility index (Phi) is 14.3. The zero-order valence-corrected chi connectivity index (χ0v) is 25.7. The summed E-state index contributed by atoms with van der Waals surface area (Å²) in [6, 6.07) is 17.0. The van der Waals surface area contributed by atoms with Crippen molar-refractivity contribution in [1.29, 1.82) is 0 Å². The van der Waals surface area contributed by atoms with E-state index in [-0.39, 0.29) is 17.7 Å². The van der Waals surface area contributed by atoms with Gasteiger partial charge in [-0.25, -0.2) is 0 Å². The average Bonchev–Trinajstić information content (AvgIpc) is 2.81. The van der Waals surface area contributed by atoms with Crippen molar-refractivity contribution in [3.63, 3.8) is 0 Å². The van der Waals surface area contributed by atoms with Crippen molar-refractivity contribution in [1.82, 2.24) is 0 Å². The number of aliphatic hydroxyl groups is 2. The van der Waals surface area contributed by atoms with Crippen molar-refractivity contribution in [2.24, 2.45) is 0 Å². The fraction of sp³-hybridized carbons (Fsp3) is 0.600. The number of benzene rings is 2. The molecule has 0 aliphatic heterocycles. The van der Waals surface area contributed by atoms with Gasteiger partial charge in [-0.1, -0.05) is 109 Å². The molecule has 0 aromatic heterocycles. The molecule has 2 aromatic carbocycles. The summed E-state index contributed by atoms with van der Waals surface area (Å²) in [5.74, 6) is 0. The molecule has 2 aromatic rings. The first-order chi connectivity index (χ1) is 16.5. The van der Waals surface area contributed by atoms with Crippen LogP contribution in [0.2, 0.25) is 22.2 Å². The molecule has 198 valence electrons. The molecule has 0 amide bonds. The van der Waals surface area contributed by atoms with E-state index in [0.717, 1.165) is 47.5 Å². The summed E-state index contributed by atoms with van der Waals surface area (Å²) in [5, 5.41) is 20.3. The van der Waals surface area contributed by atoms with Crippen LogP contribution < -0.4 is 10.4 Å². The van der Waals surface area contributed by atoms with Crippen molar-refractivity contribution in [3.8, 4) is 0 Å². The molecule has 35 heavy (non-hydrogen) atoms. The van der Waals surface area contributed by atoms with Crippen LogP contribution in [0.5, 0.6) is 0 Å². The zero-order chi connectivity index (χ0) is 26.6. The van der Waals surface area contributed by atoms with E-state index in [1.54, 1.807) is 5.19 Å². The van der Waals surface area contributed by atoms with Gasteiger partial charge in [-0.15, -0.1) is 0 Å². The highest BCUT2D eigenvalue weighted by Gasteiger charge is 2.43. The number of aryl methyl sites for hydroxylation is 2.